The number of rotatable bonds is 58. The van der Waals surface area contributed by atoms with Crippen molar-refractivity contribution < 1.29 is 42.9 Å². The van der Waals surface area contributed by atoms with E-state index in [-0.39, 0.29) is 38.6 Å². The van der Waals surface area contributed by atoms with Gasteiger partial charge in [0, 0.05) is 12.8 Å². The van der Waals surface area contributed by atoms with E-state index in [2.05, 4.69) is 148 Å². The summed E-state index contributed by atoms with van der Waals surface area (Å²) in [6, 6.07) is 0. The number of likely N-dealkylation sites (N-methyl/N-ethyl adjacent to an activating group) is 1. The summed E-state index contributed by atoms with van der Waals surface area (Å²) in [5.41, 5.74) is 0. The highest BCUT2D eigenvalue weighted by Crippen LogP contribution is 2.16. The van der Waals surface area contributed by atoms with Crippen LogP contribution >= 0.6 is 0 Å². The topological polar surface area (TPSA) is 111 Å². The molecule has 0 radical (unpaired) electrons. The number of hydrogen-bond donors (Lipinski definition) is 0. The minimum Gasteiger partial charge on any atom is -0.545 e. The van der Waals surface area contributed by atoms with Gasteiger partial charge in [-0.25, -0.2) is 0 Å². The number of esters is 2. The summed E-state index contributed by atoms with van der Waals surface area (Å²) in [5, 5.41) is 11.8. The molecule has 0 aromatic heterocycles. The monoisotopic (exact) mass is 1130 g/mol. The maximum atomic E-state index is 12.9. The number of aliphatic carboxylic acids is 1. The summed E-state index contributed by atoms with van der Waals surface area (Å²) < 4.78 is 22.7. The molecule has 0 heterocycles. The normalized spacial score (nSPS) is 13.6. The predicted molar refractivity (Wildman–Crippen MR) is 343 cm³/mol. The van der Waals surface area contributed by atoms with Crippen LogP contribution in [-0.2, 0) is 33.3 Å². The molecule has 0 aliphatic heterocycles. The van der Waals surface area contributed by atoms with Gasteiger partial charge in [0.2, 0.25) is 0 Å². The van der Waals surface area contributed by atoms with E-state index in [0.29, 0.717) is 23.9 Å². The molecule has 0 rings (SSSR count). The van der Waals surface area contributed by atoms with Gasteiger partial charge in [0.1, 0.15) is 13.2 Å². The van der Waals surface area contributed by atoms with E-state index in [9.17, 15) is 19.5 Å². The smallest absolute Gasteiger partial charge is 0.306 e. The third-order valence-electron chi connectivity index (χ3n) is 13.4. The number of ether oxygens (including phenoxy) is 4. The largest absolute Gasteiger partial charge is 0.545 e. The van der Waals surface area contributed by atoms with Crippen LogP contribution in [0, 0.1) is 0 Å². The molecule has 2 atom stereocenters. The second kappa shape index (κ2) is 61.5. The van der Waals surface area contributed by atoms with Crippen molar-refractivity contribution in [2.75, 3.05) is 47.5 Å². The van der Waals surface area contributed by atoms with E-state index in [1.807, 2.05) is 21.1 Å². The Morgan fingerprint density at radius 2 is 0.667 bits per heavy atom. The highest BCUT2D eigenvalue weighted by molar-refractivity contribution is 5.70. The van der Waals surface area contributed by atoms with Gasteiger partial charge in [-0.2, -0.15) is 0 Å². The van der Waals surface area contributed by atoms with E-state index < -0.39 is 24.3 Å². The number of allylic oxidation sites excluding steroid dienone is 22. The van der Waals surface area contributed by atoms with Gasteiger partial charge in [0.25, 0.3) is 0 Å². The molecule has 460 valence electrons. The summed E-state index contributed by atoms with van der Waals surface area (Å²) in [4.78, 5) is 37.3. The minimum atomic E-state index is -1.63. The average molecular weight is 1130 g/mol. The van der Waals surface area contributed by atoms with Crippen molar-refractivity contribution >= 4 is 17.9 Å². The summed E-state index contributed by atoms with van der Waals surface area (Å²) in [5.74, 6) is -2.32. The van der Waals surface area contributed by atoms with Crippen LogP contribution in [0.4, 0.5) is 0 Å². The van der Waals surface area contributed by atoms with Crippen LogP contribution in [0.3, 0.4) is 0 Å². The fraction of sp³-hybridized carbons (Fsp3) is 0.653. The van der Waals surface area contributed by atoms with Gasteiger partial charge < -0.3 is 33.3 Å². The summed E-state index contributed by atoms with van der Waals surface area (Å²) >= 11 is 0. The summed E-state index contributed by atoms with van der Waals surface area (Å²) in [6.45, 7) is 4.48. The van der Waals surface area contributed by atoms with Crippen LogP contribution in [0.5, 0.6) is 0 Å². The van der Waals surface area contributed by atoms with Crippen molar-refractivity contribution in [2.24, 2.45) is 0 Å². The van der Waals surface area contributed by atoms with Crippen LogP contribution in [0.25, 0.3) is 0 Å². The maximum Gasteiger partial charge on any atom is 0.306 e. The third-order valence-corrected chi connectivity index (χ3v) is 13.4. The second-order valence-electron chi connectivity index (χ2n) is 22.3. The number of unbranched alkanes of at least 4 members (excludes halogenated alkanes) is 21. The van der Waals surface area contributed by atoms with Gasteiger partial charge in [-0.3, -0.25) is 9.59 Å². The standard InChI is InChI=1S/C72H119NO8/c1-6-8-10-12-14-16-18-20-22-24-25-26-27-28-29-30-31-32-33-34-35-36-37-38-39-40-41-42-43-44-45-47-49-51-53-55-57-59-61-63-70(75)81-68(67-80-72(71(76)77)78-65-64-73(3,4)5)66-79-69(74)62-60-58-56-54-52-50-48-46-23-21-19-17-15-13-11-9-7-2/h8-11,14-17,20-23,25-26,28-29,31-32,34-35,48,50,68,72H,6-7,12-13,18-19,24,27,30,33,36-47,49,51-67H2,1-5H3/b10-8-,11-9-,16-14-,17-15-,22-20-,23-21-,26-25-,29-28-,32-31-,35-34-,50-48-. The van der Waals surface area contributed by atoms with Gasteiger partial charge in [0.05, 0.1) is 40.3 Å². The van der Waals surface area contributed by atoms with Crippen molar-refractivity contribution in [1.29, 1.82) is 0 Å². The molecule has 0 aromatic carbocycles. The zero-order valence-electron chi connectivity index (χ0n) is 52.4. The predicted octanol–water partition coefficient (Wildman–Crippen LogP) is 18.5. The van der Waals surface area contributed by atoms with E-state index in [1.165, 1.54) is 89.9 Å². The van der Waals surface area contributed by atoms with E-state index in [4.69, 9.17) is 18.9 Å². The van der Waals surface area contributed by atoms with Crippen molar-refractivity contribution in [3.05, 3.63) is 134 Å². The lowest BCUT2D eigenvalue weighted by atomic mass is 10.0. The molecule has 0 spiro atoms. The Labute approximate surface area is 497 Å². The first kappa shape index (κ1) is 76.4. The zero-order valence-corrected chi connectivity index (χ0v) is 52.4. The number of quaternary nitrogens is 1. The molecular weight excluding hydrogens is 1010 g/mol. The van der Waals surface area contributed by atoms with Gasteiger partial charge >= 0.3 is 11.9 Å². The van der Waals surface area contributed by atoms with Gasteiger partial charge in [-0.1, -0.05) is 257 Å². The molecule has 0 bridgehead atoms. The Bertz CT molecular complexity index is 1790. The van der Waals surface area contributed by atoms with E-state index in [1.54, 1.807) is 0 Å². The third kappa shape index (κ3) is 62.9. The number of carbonyl (C=O) groups is 3. The zero-order chi connectivity index (χ0) is 59.1. The highest BCUT2D eigenvalue weighted by atomic mass is 16.7. The second-order valence-corrected chi connectivity index (χ2v) is 22.3. The number of hydrogen-bond acceptors (Lipinski definition) is 8. The van der Waals surface area contributed by atoms with Crippen LogP contribution in [0.1, 0.15) is 245 Å². The van der Waals surface area contributed by atoms with Crippen molar-refractivity contribution in [3.8, 4) is 0 Å². The first-order valence-corrected chi connectivity index (χ1v) is 32.3. The lowest BCUT2D eigenvalue weighted by Crippen LogP contribution is -2.44. The number of carbonyl (C=O) groups excluding carboxylic acids is 3. The fourth-order valence-corrected chi connectivity index (χ4v) is 8.51. The Balaban J connectivity index is 4.09. The molecule has 0 saturated carbocycles. The fourth-order valence-electron chi connectivity index (χ4n) is 8.51. The van der Waals surface area contributed by atoms with Gasteiger partial charge in [-0.15, -0.1) is 0 Å². The van der Waals surface area contributed by atoms with Crippen molar-refractivity contribution in [1.82, 2.24) is 0 Å². The molecule has 0 aliphatic carbocycles. The molecule has 0 amide bonds. The summed E-state index contributed by atoms with van der Waals surface area (Å²) in [7, 11) is 5.91. The molecule has 0 N–H and O–H groups in total. The molecule has 9 nitrogen and oxygen atoms in total. The highest BCUT2D eigenvalue weighted by Gasteiger charge is 2.22. The molecule has 0 saturated heterocycles. The van der Waals surface area contributed by atoms with Crippen LogP contribution in [0.15, 0.2) is 134 Å². The molecule has 0 fully saturated rings. The Hall–Kier alpha value is -4.57. The average Bonchev–Trinajstić information content (AvgIpc) is 3.44. The van der Waals surface area contributed by atoms with Crippen molar-refractivity contribution in [2.45, 2.75) is 257 Å². The van der Waals surface area contributed by atoms with E-state index >= 15 is 0 Å². The SMILES string of the molecule is CC/C=C\C/C=C\C/C=C\C/C=C\C/C=C\C/C=C\C/C=C\CCCCCCCCCCCCCCCCCCCC(=O)OC(COC(=O)CCCCCC/C=C\C/C=C\C/C=C\C/C=C\CC)COC(OCC[N+](C)(C)C)C(=O)[O-]. The lowest BCUT2D eigenvalue weighted by Gasteiger charge is -2.26. The molecule has 2 unspecified atom stereocenters. The summed E-state index contributed by atoms with van der Waals surface area (Å²) in [6.07, 6.45) is 85.3. The van der Waals surface area contributed by atoms with E-state index in [0.717, 1.165) is 116 Å². The Morgan fingerprint density at radius 3 is 0.988 bits per heavy atom. The van der Waals surface area contributed by atoms with Crippen LogP contribution < -0.4 is 5.11 Å². The molecule has 81 heavy (non-hydrogen) atoms. The number of nitrogens with zero attached hydrogens (tertiary/aromatic N) is 1. The molecule has 0 aromatic rings. The van der Waals surface area contributed by atoms with Crippen molar-refractivity contribution in [3.63, 3.8) is 0 Å². The van der Waals surface area contributed by atoms with Gasteiger partial charge in [-0.05, 0) is 109 Å². The Kier molecular flexibility index (Phi) is 58.0. The lowest BCUT2D eigenvalue weighted by molar-refractivity contribution is -0.870. The number of carboxylic acid groups (broad SMARTS) is 1. The molecule has 9 heteroatoms. The minimum absolute atomic E-state index is 0.138. The Morgan fingerprint density at radius 1 is 0.370 bits per heavy atom. The molecule has 0 aliphatic rings. The first-order valence-electron chi connectivity index (χ1n) is 32.3. The van der Waals surface area contributed by atoms with Crippen LogP contribution in [0.2, 0.25) is 0 Å². The maximum absolute atomic E-state index is 12.9. The van der Waals surface area contributed by atoms with Crippen LogP contribution in [-0.4, -0.2) is 82.3 Å². The quantitative estimate of drug-likeness (QED) is 0.0195. The first-order chi connectivity index (χ1) is 39.6. The van der Waals surface area contributed by atoms with Gasteiger partial charge in [0.15, 0.2) is 12.4 Å². The molecular formula is C72H119NO8. The number of carboxylic acids is 1.